The Kier molecular flexibility index (Phi) is 4.85. The number of piperidine rings is 2. The van der Waals surface area contributed by atoms with Crippen LogP contribution in [0.2, 0.25) is 0 Å². The van der Waals surface area contributed by atoms with Gasteiger partial charge in [0.2, 0.25) is 11.8 Å². The van der Waals surface area contributed by atoms with Crippen molar-refractivity contribution in [2.24, 2.45) is 11.8 Å². The van der Waals surface area contributed by atoms with Gasteiger partial charge in [0.05, 0.1) is 5.92 Å². The third-order valence-electron chi connectivity index (χ3n) is 4.69. The van der Waals surface area contributed by atoms with E-state index in [1.807, 2.05) is 6.92 Å². The van der Waals surface area contributed by atoms with Crippen molar-refractivity contribution in [1.82, 2.24) is 9.80 Å². The van der Waals surface area contributed by atoms with Crippen LogP contribution >= 0.6 is 0 Å². The van der Waals surface area contributed by atoms with Gasteiger partial charge in [-0.3, -0.25) is 9.59 Å². The van der Waals surface area contributed by atoms with Crippen LogP contribution in [0.4, 0.5) is 0 Å². The first-order valence-corrected chi connectivity index (χ1v) is 7.70. The first-order valence-electron chi connectivity index (χ1n) is 7.70. The second-order valence-corrected chi connectivity index (χ2v) is 6.24. The van der Waals surface area contributed by atoms with E-state index in [4.69, 9.17) is 0 Å². The van der Waals surface area contributed by atoms with Crippen LogP contribution in [0.25, 0.3) is 0 Å². The quantitative estimate of drug-likeness (QED) is 0.823. The van der Waals surface area contributed by atoms with Crippen LogP contribution in [0.3, 0.4) is 0 Å². The third-order valence-corrected chi connectivity index (χ3v) is 4.69. The number of aliphatic carboxylic acids is 1. The molecule has 3 atom stereocenters. The van der Waals surface area contributed by atoms with Gasteiger partial charge in [0.25, 0.3) is 0 Å². The first-order chi connectivity index (χ1) is 9.91. The lowest BCUT2D eigenvalue weighted by atomic mass is 9.88. The number of hydrogen-bond donors (Lipinski definition) is 1. The van der Waals surface area contributed by atoms with Crippen LogP contribution in [0.5, 0.6) is 0 Å². The summed E-state index contributed by atoms with van der Waals surface area (Å²) in [6, 6.07) is -0.723. The van der Waals surface area contributed by atoms with Gasteiger partial charge in [0.1, 0.15) is 6.04 Å². The highest BCUT2D eigenvalue weighted by molar-refractivity contribution is 5.86. The largest absolute Gasteiger partial charge is 0.480 e. The van der Waals surface area contributed by atoms with Gasteiger partial charge in [-0.2, -0.15) is 0 Å². The summed E-state index contributed by atoms with van der Waals surface area (Å²) >= 11 is 0. The van der Waals surface area contributed by atoms with Gasteiger partial charge in [-0.25, -0.2) is 4.79 Å². The number of rotatable bonds is 2. The number of carbonyl (C=O) groups excluding carboxylic acids is 2. The van der Waals surface area contributed by atoms with Crippen LogP contribution in [0.15, 0.2) is 0 Å². The number of carboxylic acids is 1. The second kappa shape index (κ2) is 6.45. The highest BCUT2D eigenvalue weighted by Gasteiger charge is 2.40. The molecule has 0 bridgehead atoms. The normalized spacial score (nSPS) is 30.1. The highest BCUT2D eigenvalue weighted by Crippen LogP contribution is 2.27. The maximum absolute atomic E-state index is 12.7. The zero-order chi connectivity index (χ0) is 15.6. The van der Waals surface area contributed by atoms with Crippen LogP contribution < -0.4 is 0 Å². The lowest BCUT2D eigenvalue weighted by Crippen LogP contribution is -2.55. The fourth-order valence-electron chi connectivity index (χ4n) is 3.51. The van der Waals surface area contributed by atoms with Crippen LogP contribution in [0.1, 0.15) is 39.5 Å². The van der Waals surface area contributed by atoms with Gasteiger partial charge in [0, 0.05) is 26.6 Å². The highest BCUT2D eigenvalue weighted by atomic mass is 16.4. The molecule has 6 nitrogen and oxygen atoms in total. The van der Waals surface area contributed by atoms with Gasteiger partial charge in [0.15, 0.2) is 0 Å². The van der Waals surface area contributed by atoms with Gasteiger partial charge < -0.3 is 14.9 Å². The topological polar surface area (TPSA) is 77.9 Å². The Morgan fingerprint density at radius 2 is 1.76 bits per heavy atom. The van der Waals surface area contributed by atoms with Gasteiger partial charge in [-0.1, -0.05) is 6.92 Å². The molecule has 2 saturated heterocycles. The maximum Gasteiger partial charge on any atom is 0.326 e. The molecule has 0 radical (unpaired) electrons. The van der Waals surface area contributed by atoms with Gasteiger partial charge >= 0.3 is 5.97 Å². The molecule has 2 rings (SSSR count). The van der Waals surface area contributed by atoms with Crippen LogP contribution in [-0.4, -0.2) is 58.4 Å². The molecule has 0 saturated carbocycles. The fraction of sp³-hybridized carbons (Fsp3) is 0.800. The van der Waals surface area contributed by atoms with Crippen LogP contribution in [-0.2, 0) is 14.4 Å². The molecular formula is C15H24N2O4. The molecule has 2 fully saturated rings. The Hall–Kier alpha value is -1.59. The van der Waals surface area contributed by atoms with Crippen molar-refractivity contribution in [3.05, 3.63) is 0 Å². The van der Waals surface area contributed by atoms with Crippen molar-refractivity contribution in [1.29, 1.82) is 0 Å². The summed E-state index contributed by atoms with van der Waals surface area (Å²) in [5, 5.41) is 9.41. The minimum Gasteiger partial charge on any atom is -0.480 e. The molecule has 118 valence electrons. The molecule has 0 spiro atoms. The van der Waals surface area contributed by atoms with Gasteiger partial charge in [-0.15, -0.1) is 0 Å². The van der Waals surface area contributed by atoms with E-state index >= 15 is 0 Å². The Morgan fingerprint density at radius 1 is 1.10 bits per heavy atom. The summed E-state index contributed by atoms with van der Waals surface area (Å²) in [7, 11) is 0. The molecule has 2 heterocycles. The summed E-state index contributed by atoms with van der Waals surface area (Å²) in [5.41, 5.74) is 0. The molecule has 2 amide bonds. The summed E-state index contributed by atoms with van der Waals surface area (Å²) in [4.78, 5) is 38.9. The lowest BCUT2D eigenvalue weighted by molar-refractivity contribution is -0.158. The SMILES string of the molecule is CC(=O)N1CCCC(C(=O)N2CCCC(C)C2C(=O)O)C1. The maximum atomic E-state index is 12.7. The van der Waals surface area contributed by atoms with E-state index in [0.717, 1.165) is 25.7 Å². The number of carbonyl (C=O) groups is 3. The standard InChI is InChI=1S/C15H24N2O4/c1-10-5-3-8-17(13(10)15(20)21)14(19)12-6-4-7-16(9-12)11(2)18/h10,12-13H,3-9H2,1-2H3,(H,20,21). The first kappa shape index (κ1) is 15.8. The van der Waals surface area contributed by atoms with Gasteiger partial charge in [-0.05, 0) is 31.6 Å². The summed E-state index contributed by atoms with van der Waals surface area (Å²) in [6.07, 6.45) is 3.22. The average Bonchev–Trinajstić information content (AvgIpc) is 2.45. The summed E-state index contributed by atoms with van der Waals surface area (Å²) < 4.78 is 0. The molecule has 1 N–H and O–H groups in total. The molecule has 3 unspecified atom stereocenters. The van der Waals surface area contributed by atoms with Crippen molar-refractivity contribution in [3.8, 4) is 0 Å². The summed E-state index contributed by atoms with van der Waals surface area (Å²) in [6.45, 7) is 5.02. The van der Waals surface area contributed by atoms with E-state index in [0.29, 0.717) is 19.6 Å². The predicted molar refractivity (Wildman–Crippen MR) is 76.5 cm³/mol. The van der Waals surface area contributed by atoms with Crippen molar-refractivity contribution in [2.75, 3.05) is 19.6 Å². The molecule has 21 heavy (non-hydrogen) atoms. The number of hydrogen-bond acceptors (Lipinski definition) is 3. The Balaban J connectivity index is 2.10. The van der Waals surface area contributed by atoms with E-state index in [9.17, 15) is 19.5 Å². The van der Waals surface area contributed by atoms with E-state index in [2.05, 4.69) is 0 Å². The molecule has 0 aromatic rings. The zero-order valence-corrected chi connectivity index (χ0v) is 12.7. The van der Waals surface area contributed by atoms with Crippen molar-refractivity contribution in [2.45, 2.75) is 45.6 Å². The predicted octanol–water partition coefficient (Wildman–Crippen LogP) is 0.957. The number of amides is 2. The van der Waals surface area contributed by atoms with Crippen molar-refractivity contribution in [3.63, 3.8) is 0 Å². The molecule has 0 aromatic carbocycles. The minimum absolute atomic E-state index is 0.0192. The molecule has 6 heteroatoms. The minimum atomic E-state index is -0.921. The Bertz CT molecular complexity index is 437. The lowest BCUT2D eigenvalue weighted by Gasteiger charge is -2.41. The zero-order valence-electron chi connectivity index (χ0n) is 12.7. The van der Waals surface area contributed by atoms with E-state index in [-0.39, 0.29) is 23.7 Å². The van der Waals surface area contributed by atoms with E-state index < -0.39 is 12.0 Å². The smallest absolute Gasteiger partial charge is 0.326 e. The molecule has 0 aromatic heterocycles. The second-order valence-electron chi connectivity index (χ2n) is 6.24. The molecule has 0 aliphatic carbocycles. The van der Waals surface area contributed by atoms with Crippen LogP contribution in [0, 0.1) is 11.8 Å². The average molecular weight is 296 g/mol. The summed E-state index contributed by atoms with van der Waals surface area (Å²) in [5.74, 6) is -1.31. The number of likely N-dealkylation sites (tertiary alicyclic amines) is 2. The molecule has 2 aliphatic heterocycles. The molecular weight excluding hydrogens is 272 g/mol. The fourth-order valence-corrected chi connectivity index (χ4v) is 3.51. The van der Waals surface area contributed by atoms with E-state index in [1.165, 1.54) is 11.8 Å². The Morgan fingerprint density at radius 3 is 2.38 bits per heavy atom. The molecule has 2 aliphatic rings. The Labute approximate surface area is 125 Å². The number of carboxylic acid groups (broad SMARTS) is 1. The number of nitrogens with zero attached hydrogens (tertiary/aromatic N) is 2. The van der Waals surface area contributed by atoms with E-state index in [1.54, 1.807) is 4.90 Å². The van der Waals surface area contributed by atoms with Crippen molar-refractivity contribution >= 4 is 17.8 Å². The van der Waals surface area contributed by atoms with Crippen molar-refractivity contribution < 1.29 is 19.5 Å². The monoisotopic (exact) mass is 296 g/mol. The third kappa shape index (κ3) is 3.36.